The topological polar surface area (TPSA) is 141 Å². The van der Waals surface area contributed by atoms with Gasteiger partial charge in [-0.2, -0.15) is 0 Å². The number of carbonyl (C=O) groups is 3. The van der Waals surface area contributed by atoms with Gasteiger partial charge in [0.05, 0.1) is 5.69 Å². The van der Waals surface area contributed by atoms with Crippen molar-refractivity contribution in [3.05, 3.63) is 78.1 Å². The Morgan fingerprint density at radius 2 is 1.76 bits per heavy atom. The van der Waals surface area contributed by atoms with Gasteiger partial charge in [-0.05, 0) is 62.2 Å². The van der Waals surface area contributed by atoms with E-state index in [4.69, 9.17) is 16.2 Å². The number of nitrogens with zero attached hydrogens (tertiary/aromatic N) is 2. The second-order valence-corrected chi connectivity index (χ2v) is 8.77. The smallest absolute Gasteiger partial charge is 0.270 e. The molecule has 2 aromatic carbocycles. The highest BCUT2D eigenvalue weighted by atomic mass is 19.1. The lowest BCUT2D eigenvalue weighted by Crippen LogP contribution is -2.41. The fraction of sp³-hybridized carbons (Fsp3) is 0.231. The van der Waals surface area contributed by atoms with Gasteiger partial charge in [-0.1, -0.05) is 0 Å². The average Bonchev–Trinajstić information content (AvgIpc) is 3.69. The highest BCUT2D eigenvalue weighted by molar-refractivity contribution is 6.16. The Bertz CT molecular complexity index is 1350. The van der Waals surface area contributed by atoms with Crippen LogP contribution in [-0.4, -0.2) is 35.3 Å². The van der Waals surface area contributed by atoms with Crippen LogP contribution < -0.4 is 26.4 Å². The van der Waals surface area contributed by atoms with E-state index in [-0.39, 0.29) is 54.0 Å². The Kier molecular flexibility index (Phi) is 7.16. The number of anilines is 2. The summed E-state index contributed by atoms with van der Waals surface area (Å²) >= 11 is 0. The molecule has 1 saturated carbocycles. The number of amides is 3. The Morgan fingerprint density at radius 1 is 1.08 bits per heavy atom. The minimum absolute atomic E-state index is 0.0593. The first-order valence-corrected chi connectivity index (χ1v) is 11.5. The number of carbonyl (C=O) groups excluding carboxylic acids is 3. The van der Waals surface area contributed by atoms with Crippen LogP contribution in [0.15, 0.2) is 60.8 Å². The third-order valence-corrected chi connectivity index (χ3v) is 6.02. The summed E-state index contributed by atoms with van der Waals surface area (Å²) in [6.07, 6.45) is 1.88. The molecule has 0 bridgehead atoms. The van der Waals surface area contributed by atoms with E-state index in [1.54, 1.807) is 6.92 Å². The van der Waals surface area contributed by atoms with Crippen LogP contribution >= 0.6 is 0 Å². The molecule has 0 aliphatic heterocycles. The Morgan fingerprint density at radius 3 is 2.35 bits per heavy atom. The summed E-state index contributed by atoms with van der Waals surface area (Å²) in [6, 6.07) is 11.3. The molecule has 192 valence electrons. The Hall–Kier alpha value is -4.38. The van der Waals surface area contributed by atoms with Crippen LogP contribution in [0.4, 0.5) is 20.2 Å². The SMILES string of the molecule is CC(CN)NC(=O)c1cc(Oc2ccc(N(C(=O)C3(C(N)=O)CC3)c3ccc(F)cc3)cc2F)ccn1. The molecule has 1 heterocycles. The first-order valence-electron chi connectivity index (χ1n) is 11.5. The van der Waals surface area contributed by atoms with Gasteiger partial charge in [0.25, 0.3) is 5.91 Å². The van der Waals surface area contributed by atoms with Gasteiger partial charge in [0.15, 0.2) is 11.6 Å². The van der Waals surface area contributed by atoms with Crippen molar-refractivity contribution in [1.82, 2.24) is 10.3 Å². The number of nitrogens with two attached hydrogens (primary N) is 2. The number of hydrogen-bond donors (Lipinski definition) is 3. The number of rotatable bonds is 9. The maximum atomic E-state index is 15.2. The van der Waals surface area contributed by atoms with Crippen LogP contribution in [0.3, 0.4) is 0 Å². The summed E-state index contributed by atoms with van der Waals surface area (Å²) in [5.41, 5.74) is 10.0. The maximum absolute atomic E-state index is 15.2. The molecule has 5 N–H and O–H groups in total. The molecule has 11 heteroatoms. The summed E-state index contributed by atoms with van der Waals surface area (Å²) in [7, 11) is 0. The zero-order valence-electron chi connectivity index (χ0n) is 19.9. The fourth-order valence-electron chi connectivity index (χ4n) is 3.67. The highest BCUT2D eigenvalue weighted by Crippen LogP contribution is 2.49. The predicted molar refractivity (Wildman–Crippen MR) is 131 cm³/mol. The van der Waals surface area contributed by atoms with E-state index < -0.39 is 34.8 Å². The molecule has 1 atom stereocenters. The molecule has 3 aromatic rings. The number of benzene rings is 2. The summed E-state index contributed by atoms with van der Waals surface area (Å²) < 4.78 is 34.3. The maximum Gasteiger partial charge on any atom is 0.270 e. The lowest BCUT2D eigenvalue weighted by atomic mass is 10.0. The highest BCUT2D eigenvalue weighted by Gasteiger charge is 2.57. The molecule has 1 aliphatic carbocycles. The number of aromatic nitrogens is 1. The van der Waals surface area contributed by atoms with Crippen molar-refractivity contribution < 1.29 is 27.9 Å². The van der Waals surface area contributed by atoms with Gasteiger partial charge in [0, 0.05) is 36.6 Å². The third-order valence-electron chi connectivity index (χ3n) is 6.02. The van der Waals surface area contributed by atoms with Gasteiger partial charge in [-0.25, -0.2) is 8.78 Å². The van der Waals surface area contributed by atoms with Gasteiger partial charge in [0.1, 0.15) is 22.7 Å². The summed E-state index contributed by atoms with van der Waals surface area (Å²) in [4.78, 5) is 42.8. The molecule has 0 spiro atoms. The second-order valence-electron chi connectivity index (χ2n) is 8.77. The lowest BCUT2D eigenvalue weighted by molar-refractivity contribution is -0.133. The molecule has 1 aromatic heterocycles. The van der Waals surface area contributed by atoms with Gasteiger partial charge >= 0.3 is 0 Å². The van der Waals surface area contributed by atoms with E-state index in [9.17, 15) is 18.8 Å². The van der Waals surface area contributed by atoms with Crippen LogP contribution in [0, 0.1) is 17.0 Å². The van der Waals surface area contributed by atoms with Crippen molar-refractivity contribution in [2.24, 2.45) is 16.9 Å². The minimum atomic E-state index is -1.39. The number of pyridine rings is 1. The molecule has 4 rings (SSSR count). The summed E-state index contributed by atoms with van der Waals surface area (Å²) in [6.45, 7) is 1.99. The van der Waals surface area contributed by atoms with E-state index in [1.165, 1.54) is 42.6 Å². The van der Waals surface area contributed by atoms with Gasteiger partial charge in [-0.3, -0.25) is 24.3 Å². The van der Waals surface area contributed by atoms with Crippen LogP contribution in [0.1, 0.15) is 30.3 Å². The quantitative estimate of drug-likeness (QED) is 0.379. The molecule has 0 saturated heterocycles. The molecule has 1 aliphatic rings. The monoisotopic (exact) mass is 509 g/mol. The number of primary amides is 1. The van der Waals surface area contributed by atoms with E-state index in [2.05, 4.69) is 10.3 Å². The van der Waals surface area contributed by atoms with Gasteiger partial charge in [0.2, 0.25) is 11.8 Å². The normalized spacial score (nSPS) is 14.4. The Balaban J connectivity index is 1.62. The zero-order chi connectivity index (χ0) is 26.7. The number of hydrogen-bond acceptors (Lipinski definition) is 6. The molecule has 1 unspecified atom stereocenters. The molecule has 0 radical (unpaired) electrons. The molecule has 9 nitrogen and oxygen atoms in total. The summed E-state index contributed by atoms with van der Waals surface area (Å²) in [5, 5.41) is 2.67. The predicted octanol–water partition coefficient (Wildman–Crippen LogP) is 3.16. The van der Waals surface area contributed by atoms with Gasteiger partial charge in [-0.15, -0.1) is 0 Å². The van der Waals surface area contributed by atoms with E-state index in [0.29, 0.717) is 0 Å². The molecule has 3 amide bonds. The fourth-order valence-corrected chi connectivity index (χ4v) is 3.67. The van der Waals surface area contributed by atoms with Crippen LogP contribution in [0.25, 0.3) is 0 Å². The number of halogens is 2. The molecule has 1 fully saturated rings. The Labute approximate surface area is 211 Å². The first kappa shape index (κ1) is 25.7. The average molecular weight is 510 g/mol. The molecular formula is C26H25F2N5O4. The molecular weight excluding hydrogens is 484 g/mol. The third kappa shape index (κ3) is 5.41. The second kappa shape index (κ2) is 10.3. The number of ether oxygens (including phenoxy) is 1. The van der Waals surface area contributed by atoms with Crippen molar-refractivity contribution in [2.45, 2.75) is 25.8 Å². The van der Waals surface area contributed by atoms with E-state index in [1.807, 2.05) is 0 Å². The minimum Gasteiger partial charge on any atom is -0.454 e. The van der Waals surface area contributed by atoms with Crippen LogP contribution in [0.5, 0.6) is 11.5 Å². The van der Waals surface area contributed by atoms with Crippen molar-refractivity contribution in [1.29, 1.82) is 0 Å². The largest absolute Gasteiger partial charge is 0.454 e. The number of nitrogens with one attached hydrogen (secondary N) is 1. The van der Waals surface area contributed by atoms with Crippen molar-refractivity contribution in [3.63, 3.8) is 0 Å². The van der Waals surface area contributed by atoms with Crippen LogP contribution in [0.2, 0.25) is 0 Å². The van der Waals surface area contributed by atoms with E-state index >= 15 is 4.39 Å². The van der Waals surface area contributed by atoms with Gasteiger partial charge < -0.3 is 21.5 Å². The molecule has 37 heavy (non-hydrogen) atoms. The van der Waals surface area contributed by atoms with Crippen molar-refractivity contribution in [2.75, 3.05) is 11.4 Å². The summed E-state index contributed by atoms with van der Waals surface area (Å²) in [5.74, 6) is -3.23. The lowest BCUT2D eigenvalue weighted by Gasteiger charge is -2.26. The van der Waals surface area contributed by atoms with E-state index in [0.717, 1.165) is 23.1 Å². The first-order chi connectivity index (χ1) is 17.6. The van der Waals surface area contributed by atoms with Crippen molar-refractivity contribution in [3.8, 4) is 11.5 Å². The van der Waals surface area contributed by atoms with Crippen molar-refractivity contribution >= 4 is 29.1 Å². The van der Waals surface area contributed by atoms with Crippen LogP contribution in [-0.2, 0) is 9.59 Å². The zero-order valence-corrected chi connectivity index (χ0v) is 19.9. The standard InChI is InChI=1S/C26H25F2N5O4/c1-15(14-29)32-23(34)21-13-19(8-11-31-21)37-22-7-6-18(12-20(22)28)33(17-4-2-16(27)3-5-17)25(36)26(9-10-26)24(30)35/h2-8,11-13,15H,9-10,14,29H2,1H3,(H2,30,35)(H,32,34).